The monoisotopic (exact) mass is 316 g/mol. The van der Waals surface area contributed by atoms with Gasteiger partial charge in [0.2, 0.25) is 6.33 Å². The number of nitro groups is 1. The minimum atomic E-state index is -0.464. The highest BCUT2D eigenvalue weighted by Gasteiger charge is 2.20. The van der Waals surface area contributed by atoms with Crippen molar-refractivity contribution in [2.75, 3.05) is 0 Å². The van der Waals surface area contributed by atoms with Gasteiger partial charge < -0.3 is 0 Å². The average Bonchev–Trinajstić information content (AvgIpc) is 2.95. The highest BCUT2D eigenvalue weighted by molar-refractivity contribution is 5.64. The Labute approximate surface area is 129 Å². The van der Waals surface area contributed by atoms with E-state index in [1.54, 1.807) is 30.1 Å². The summed E-state index contributed by atoms with van der Waals surface area (Å²) < 4.78 is 4.09. The summed E-state index contributed by atoms with van der Waals surface area (Å²) in [5, 5.41) is 10.7. The molecule has 23 heavy (non-hydrogen) atoms. The number of nitrogens with zero attached hydrogens (tertiary/aromatic N) is 4. The number of nitro benzene ring substituents is 1. The molecule has 0 aliphatic rings. The van der Waals surface area contributed by atoms with Crippen LogP contribution in [0.5, 0.6) is 0 Å². The molecule has 2 aromatic heterocycles. The van der Waals surface area contributed by atoms with E-state index in [2.05, 4.69) is 4.98 Å². The van der Waals surface area contributed by atoms with E-state index in [9.17, 15) is 19.7 Å². The quantitative estimate of drug-likeness (QED) is 0.410. The van der Waals surface area contributed by atoms with Crippen molar-refractivity contribution in [3.63, 3.8) is 0 Å². The van der Waals surface area contributed by atoms with Gasteiger partial charge in [0, 0.05) is 26.2 Å². The first-order valence-corrected chi connectivity index (χ1v) is 6.80. The molecule has 0 fully saturated rings. The Hall–Kier alpha value is -3.23. The van der Waals surface area contributed by atoms with Crippen LogP contribution in [0.15, 0.2) is 40.2 Å². The normalized spacial score (nSPS) is 11.0. The van der Waals surface area contributed by atoms with Crippen LogP contribution in [0, 0.1) is 10.1 Å². The van der Waals surface area contributed by atoms with Gasteiger partial charge in [-0.2, -0.15) is 0 Å². The predicted molar refractivity (Wildman–Crippen MR) is 81.2 cm³/mol. The van der Waals surface area contributed by atoms with E-state index >= 15 is 0 Å². The van der Waals surface area contributed by atoms with Crippen molar-refractivity contribution < 1.29 is 9.49 Å². The summed E-state index contributed by atoms with van der Waals surface area (Å²) in [5.74, 6) is 0. The van der Waals surface area contributed by atoms with Gasteiger partial charge in [0.1, 0.15) is 6.54 Å². The summed E-state index contributed by atoms with van der Waals surface area (Å²) in [6.45, 7) is 0.353. The van der Waals surface area contributed by atoms with Crippen molar-refractivity contribution in [3.8, 4) is 0 Å². The van der Waals surface area contributed by atoms with Crippen LogP contribution in [0.3, 0.4) is 0 Å². The lowest BCUT2D eigenvalue weighted by Gasteiger charge is -2.02. The first kappa shape index (κ1) is 14.7. The molecule has 0 aliphatic carbocycles. The molecule has 0 atom stereocenters. The third kappa shape index (κ3) is 2.31. The molecule has 0 radical (unpaired) electrons. The number of rotatable bonds is 3. The summed E-state index contributed by atoms with van der Waals surface area (Å²) in [6.07, 6.45) is 1.60. The first-order chi connectivity index (χ1) is 10.9. The second-order valence-corrected chi connectivity index (χ2v) is 5.23. The van der Waals surface area contributed by atoms with Gasteiger partial charge in [-0.05, 0) is 17.7 Å². The van der Waals surface area contributed by atoms with E-state index in [1.807, 2.05) is 0 Å². The van der Waals surface area contributed by atoms with E-state index in [0.29, 0.717) is 17.7 Å². The van der Waals surface area contributed by atoms with Gasteiger partial charge in [-0.15, -0.1) is 0 Å². The van der Waals surface area contributed by atoms with Crippen molar-refractivity contribution in [2.24, 2.45) is 14.1 Å². The molecule has 0 unspecified atom stereocenters. The molecular weight excluding hydrogens is 302 g/mol. The zero-order chi connectivity index (χ0) is 16.7. The van der Waals surface area contributed by atoms with Crippen LogP contribution in [0.4, 0.5) is 5.69 Å². The number of fused-ring (bicyclic) bond motifs is 1. The molecule has 0 bridgehead atoms. The molecule has 1 aromatic carbocycles. The fourth-order valence-electron chi connectivity index (χ4n) is 2.50. The fourth-order valence-corrected chi connectivity index (χ4v) is 2.50. The number of benzene rings is 1. The molecule has 0 saturated heterocycles. The molecule has 0 amide bonds. The van der Waals surface area contributed by atoms with Gasteiger partial charge in [0.25, 0.3) is 16.9 Å². The lowest BCUT2D eigenvalue weighted by Crippen LogP contribution is -2.43. The zero-order valence-electron chi connectivity index (χ0n) is 12.5. The Bertz CT molecular complexity index is 1030. The average molecular weight is 316 g/mol. The Balaban J connectivity index is 2.09. The van der Waals surface area contributed by atoms with Crippen LogP contribution < -0.4 is 15.8 Å². The fraction of sp³-hybridized carbons (Fsp3) is 0.214. The molecule has 2 heterocycles. The van der Waals surface area contributed by atoms with Crippen molar-refractivity contribution in [2.45, 2.75) is 6.54 Å². The summed E-state index contributed by atoms with van der Waals surface area (Å²) in [7, 11) is 3.00. The second-order valence-electron chi connectivity index (χ2n) is 5.23. The van der Waals surface area contributed by atoms with Crippen molar-refractivity contribution in [1.29, 1.82) is 0 Å². The number of aromatic nitrogens is 4. The van der Waals surface area contributed by atoms with Crippen molar-refractivity contribution >= 4 is 16.9 Å². The van der Waals surface area contributed by atoms with Gasteiger partial charge >= 0.3 is 11.2 Å². The number of H-pyrrole nitrogens is 1. The number of hydrogen-bond acceptors (Lipinski definition) is 4. The Morgan fingerprint density at radius 3 is 2.43 bits per heavy atom. The van der Waals surface area contributed by atoms with E-state index in [1.165, 1.54) is 23.7 Å². The third-order valence-corrected chi connectivity index (χ3v) is 3.79. The second kappa shape index (κ2) is 5.20. The molecule has 9 heteroatoms. The van der Waals surface area contributed by atoms with E-state index in [4.69, 9.17) is 0 Å². The number of imidazole rings is 1. The number of aryl methyl sites for hydroxylation is 1. The smallest absolute Gasteiger partial charge is 0.264 e. The van der Waals surface area contributed by atoms with Gasteiger partial charge in [-0.3, -0.25) is 24.0 Å². The van der Waals surface area contributed by atoms with Crippen LogP contribution in [0.2, 0.25) is 0 Å². The highest BCUT2D eigenvalue weighted by Crippen LogP contribution is 2.12. The number of hydrogen-bond donors (Lipinski definition) is 1. The first-order valence-electron chi connectivity index (χ1n) is 6.80. The molecule has 3 aromatic rings. The molecule has 9 nitrogen and oxygen atoms in total. The number of non-ortho nitro benzene ring substituents is 1. The molecule has 0 saturated carbocycles. The molecular formula is C14H14N5O4+. The summed E-state index contributed by atoms with van der Waals surface area (Å²) in [6, 6.07) is 6.10. The Morgan fingerprint density at radius 1 is 1.17 bits per heavy atom. The standard InChI is InChI=1S/C14H13N5O4/c1-16-12-11(13(20)17(2)14(16)21)18(8-15-12)7-9-3-5-10(6-4-9)19(22)23/h3-6,8H,7H2,1-2H3/p+1. The maximum atomic E-state index is 12.3. The number of nitrogens with one attached hydrogen (secondary N) is 1. The van der Waals surface area contributed by atoms with Crippen molar-refractivity contribution in [1.82, 2.24) is 14.1 Å². The van der Waals surface area contributed by atoms with E-state index in [-0.39, 0.29) is 5.69 Å². The lowest BCUT2D eigenvalue weighted by molar-refractivity contribution is -0.662. The van der Waals surface area contributed by atoms with Crippen molar-refractivity contribution in [3.05, 3.63) is 67.1 Å². The number of aromatic amines is 1. The van der Waals surface area contributed by atoms with Crippen LogP contribution in [0.1, 0.15) is 5.56 Å². The largest absolute Gasteiger partial charge is 0.333 e. The topological polar surface area (TPSA) is 107 Å². The SMILES string of the molecule is Cn1c(=O)c2c([nH]c[n+]2Cc2ccc([N+](=O)[O-])cc2)n(C)c1=O. The van der Waals surface area contributed by atoms with Gasteiger partial charge in [-0.25, -0.2) is 14.3 Å². The Kier molecular flexibility index (Phi) is 3.32. The Morgan fingerprint density at radius 2 is 1.83 bits per heavy atom. The summed E-state index contributed by atoms with van der Waals surface area (Å²) >= 11 is 0. The minimum Gasteiger partial charge on any atom is -0.264 e. The molecule has 0 aliphatic heterocycles. The van der Waals surface area contributed by atoms with Crippen LogP contribution in [-0.2, 0) is 20.6 Å². The third-order valence-electron chi connectivity index (χ3n) is 3.79. The molecule has 0 spiro atoms. The summed E-state index contributed by atoms with van der Waals surface area (Å²) in [5.41, 5.74) is 0.805. The van der Waals surface area contributed by atoms with Gasteiger partial charge in [0.05, 0.1) is 4.92 Å². The van der Waals surface area contributed by atoms with Crippen LogP contribution in [-0.4, -0.2) is 19.0 Å². The van der Waals surface area contributed by atoms with Crippen LogP contribution in [0.25, 0.3) is 11.2 Å². The maximum absolute atomic E-state index is 12.3. The maximum Gasteiger partial charge on any atom is 0.333 e. The van der Waals surface area contributed by atoms with E-state index < -0.39 is 16.2 Å². The highest BCUT2D eigenvalue weighted by atomic mass is 16.6. The van der Waals surface area contributed by atoms with E-state index in [0.717, 1.165) is 10.1 Å². The predicted octanol–water partition coefficient (Wildman–Crippen LogP) is -0.191. The molecule has 3 rings (SSSR count). The van der Waals surface area contributed by atoms with Gasteiger partial charge in [-0.1, -0.05) is 0 Å². The minimum absolute atomic E-state index is 0.0102. The zero-order valence-corrected chi connectivity index (χ0v) is 12.5. The molecule has 118 valence electrons. The summed E-state index contributed by atoms with van der Waals surface area (Å²) in [4.78, 5) is 37.4. The van der Waals surface area contributed by atoms with Gasteiger partial charge in [0.15, 0.2) is 0 Å². The van der Waals surface area contributed by atoms with Crippen LogP contribution >= 0.6 is 0 Å². The molecule has 1 N–H and O–H groups in total. The lowest BCUT2D eigenvalue weighted by atomic mass is 10.2.